The van der Waals surface area contributed by atoms with E-state index in [1.807, 2.05) is 0 Å². The molecule has 0 aliphatic heterocycles. The lowest BCUT2D eigenvalue weighted by molar-refractivity contribution is -0.885. The maximum absolute atomic E-state index is 12.9. The highest BCUT2D eigenvalue weighted by molar-refractivity contribution is 5.96. The zero-order valence-corrected chi connectivity index (χ0v) is 14.9. The largest absolute Gasteiger partial charge is 0.321 e. The fourth-order valence-electron chi connectivity index (χ4n) is 2.35. The number of halogens is 1. The van der Waals surface area contributed by atoms with E-state index in [1.54, 1.807) is 20.0 Å². The molecule has 0 aromatic heterocycles. The number of likely N-dealkylation sites (N-methyl/N-ethyl adjacent to an activating group) is 1. The minimum absolute atomic E-state index is 0.0111. The van der Waals surface area contributed by atoms with Crippen LogP contribution in [0.5, 0.6) is 0 Å². The summed E-state index contributed by atoms with van der Waals surface area (Å²) in [4.78, 5) is 35.5. The van der Waals surface area contributed by atoms with Gasteiger partial charge in [0.05, 0.1) is 12.0 Å². The summed E-state index contributed by atoms with van der Waals surface area (Å²) in [6, 6.07) is 10.5. The van der Waals surface area contributed by atoms with Crippen molar-refractivity contribution in [3.63, 3.8) is 0 Å². The van der Waals surface area contributed by atoms with Crippen LogP contribution in [0.1, 0.15) is 6.92 Å². The van der Waals surface area contributed by atoms with E-state index < -0.39 is 22.7 Å². The number of carbonyl (C=O) groups excluding carboxylic acids is 2. The van der Waals surface area contributed by atoms with Gasteiger partial charge in [0.1, 0.15) is 11.5 Å². The van der Waals surface area contributed by atoms with Gasteiger partial charge in [-0.15, -0.1) is 0 Å². The summed E-state index contributed by atoms with van der Waals surface area (Å²) in [5.74, 6) is -1.20. The molecule has 0 spiro atoms. The molecular formula is C18H20FN4O4+. The topological polar surface area (TPSA) is 106 Å². The molecule has 2 aromatic rings. The molecule has 0 radical (unpaired) electrons. The van der Waals surface area contributed by atoms with Crippen molar-refractivity contribution in [3.8, 4) is 0 Å². The Bertz CT molecular complexity index is 842. The van der Waals surface area contributed by atoms with Crippen LogP contribution in [0.25, 0.3) is 0 Å². The van der Waals surface area contributed by atoms with Gasteiger partial charge in [0.2, 0.25) is 0 Å². The van der Waals surface area contributed by atoms with E-state index in [0.717, 1.165) is 0 Å². The van der Waals surface area contributed by atoms with Crippen LogP contribution in [0.2, 0.25) is 0 Å². The standard InChI is InChI=1S/C18H19FN4O4/c1-12(18(25)21-15-5-3-4-6-16(15)23(26)27)22(2)11-17(24)20-14-9-7-13(19)8-10-14/h3-10,12H,11H2,1-2H3,(H,20,24)(H,21,25)/p+1/t12-/m0/s1. The average Bonchev–Trinajstić information content (AvgIpc) is 2.63. The molecule has 0 heterocycles. The first kappa shape index (κ1) is 20.0. The number of nitrogens with zero attached hydrogens (tertiary/aromatic N) is 1. The van der Waals surface area contributed by atoms with Crippen molar-refractivity contribution in [2.45, 2.75) is 13.0 Å². The van der Waals surface area contributed by atoms with Crippen LogP contribution >= 0.6 is 0 Å². The molecule has 2 aromatic carbocycles. The Labute approximate surface area is 155 Å². The lowest BCUT2D eigenvalue weighted by Gasteiger charge is -2.20. The van der Waals surface area contributed by atoms with Gasteiger partial charge in [-0.1, -0.05) is 12.1 Å². The smallest absolute Gasteiger partial charge is 0.292 e. The van der Waals surface area contributed by atoms with E-state index in [0.29, 0.717) is 10.6 Å². The van der Waals surface area contributed by atoms with Gasteiger partial charge in [-0.05, 0) is 37.3 Å². The monoisotopic (exact) mass is 375 g/mol. The van der Waals surface area contributed by atoms with Gasteiger partial charge >= 0.3 is 0 Å². The zero-order chi connectivity index (χ0) is 20.0. The molecule has 9 heteroatoms. The van der Waals surface area contributed by atoms with Crippen LogP contribution in [0.4, 0.5) is 21.5 Å². The van der Waals surface area contributed by atoms with Crippen LogP contribution in [0, 0.1) is 15.9 Å². The summed E-state index contributed by atoms with van der Waals surface area (Å²) in [6.45, 7) is 1.60. The Kier molecular flexibility index (Phi) is 6.56. The zero-order valence-electron chi connectivity index (χ0n) is 14.9. The van der Waals surface area contributed by atoms with E-state index in [9.17, 15) is 24.1 Å². The molecule has 0 aliphatic rings. The van der Waals surface area contributed by atoms with Gasteiger partial charge < -0.3 is 15.5 Å². The van der Waals surface area contributed by atoms with Crippen LogP contribution in [0.15, 0.2) is 48.5 Å². The van der Waals surface area contributed by atoms with Crippen molar-refractivity contribution in [1.29, 1.82) is 0 Å². The summed E-state index contributed by atoms with van der Waals surface area (Å²) in [5.41, 5.74) is 0.346. The molecular weight excluding hydrogens is 355 g/mol. The lowest BCUT2D eigenvalue weighted by atomic mass is 10.2. The van der Waals surface area contributed by atoms with Gasteiger partial charge in [-0.2, -0.15) is 0 Å². The van der Waals surface area contributed by atoms with Crippen LogP contribution in [-0.2, 0) is 9.59 Å². The maximum atomic E-state index is 12.9. The van der Waals surface area contributed by atoms with Crippen LogP contribution < -0.4 is 15.5 Å². The van der Waals surface area contributed by atoms with E-state index in [1.165, 1.54) is 42.5 Å². The first-order chi connectivity index (χ1) is 12.8. The highest BCUT2D eigenvalue weighted by atomic mass is 19.1. The average molecular weight is 375 g/mol. The van der Waals surface area contributed by atoms with Gasteiger partial charge in [0.25, 0.3) is 17.5 Å². The highest BCUT2D eigenvalue weighted by Gasteiger charge is 2.26. The summed E-state index contributed by atoms with van der Waals surface area (Å²) < 4.78 is 12.9. The predicted octanol–water partition coefficient (Wildman–Crippen LogP) is 1.21. The molecule has 0 fully saturated rings. The van der Waals surface area contributed by atoms with Crippen molar-refractivity contribution in [2.75, 3.05) is 24.2 Å². The van der Waals surface area contributed by atoms with Gasteiger partial charge in [-0.25, -0.2) is 4.39 Å². The Balaban J connectivity index is 1.94. The number of anilines is 2. The number of quaternary nitrogens is 1. The first-order valence-corrected chi connectivity index (χ1v) is 8.20. The fourth-order valence-corrected chi connectivity index (χ4v) is 2.35. The van der Waals surface area contributed by atoms with E-state index in [4.69, 9.17) is 0 Å². The molecule has 0 saturated carbocycles. The maximum Gasteiger partial charge on any atom is 0.292 e. The highest BCUT2D eigenvalue weighted by Crippen LogP contribution is 2.23. The van der Waals surface area contributed by atoms with Gasteiger partial charge in [0.15, 0.2) is 12.6 Å². The third-order valence-corrected chi connectivity index (χ3v) is 4.06. The third-order valence-electron chi connectivity index (χ3n) is 4.06. The number of carbonyl (C=O) groups is 2. The number of nitrogens with one attached hydrogen (secondary N) is 3. The molecule has 2 rings (SSSR count). The number of amides is 2. The number of hydrogen-bond acceptors (Lipinski definition) is 4. The molecule has 0 aliphatic carbocycles. The minimum Gasteiger partial charge on any atom is -0.321 e. The molecule has 2 amide bonds. The van der Waals surface area contributed by atoms with Crippen molar-refractivity contribution in [1.82, 2.24) is 0 Å². The third kappa shape index (κ3) is 5.58. The summed E-state index contributed by atoms with van der Waals surface area (Å²) in [6.07, 6.45) is 0. The second kappa shape index (κ2) is 8.86. The Morgan fingerprint density at radius 1 is 1.15 bits per heavy atom. The second-order valence-electron chi connectivity index (χ2n) is 6.06. The molecule has 0 bridgehead atoms. The first-order valence-electron chi connectivity index (χ1n) is 8.20. The van der Waals surface area contributed by atoms with Crippen LogP contribution in [0.3, 0.4) is 0 Å². The number of nitro groups is 1. The molecule has 3 N–H and O–H groups in total. The number of hydrogen-bond donors (Lipinski definition) is 3. The van der Waals surface area contributed by atoms with Crippen molar-refractivity contribution in [2.24, 2.45) is 0 Å². The summed E-state index contributed by atoms with van der Waals surface area (Å²) >= 11 is 0. The van der Waals surface area contributed by atoms with Crippen molar-refractivity contribution in [3.05, 3.63) is 64.5 Å². The van der Waals surface area contributed by atoms with Gasteiger partial charge in [0, 0.05) is 11.8 Å². The molecule has 2 atom stereocenters. The molecule has 27 heavy (non-hydrogen) atoms. The minimum atomic E-state index is -0.635. The Morgan fingerprint density at radius 2 is 1.78 bits per heavy atom. The number of nitro benzene ring substituents is 1. The Morgan fingerprint density at radius 3 is 2.41 bits per heavy atom. The quantitative estimate of drug-likeness (QED) is 0.500. The number of benzene rings is 2. The predicted molar refractivity (Wildman–Crippen MR) is 98.0 cm³/mol. The van der Waals surface area contributed by atoms with Gasteiger partial charge in [-0.3, -0.25) is 19.7 Å². The number of rotatable bonds is 7. The molecule has 142 valence electrons. The summed E-state index contributed by atoms with van der Waals surface area (Å²) in [7, 11) is 1.66. The molecule has 0 saturated heterocycles. The lowest BCUT2D eigenvalue weighted by Crippen LogP contribution is -3.14. The molecule has 8 nitrogen and oxygen atoms in total. The van der Waals surface area contributed by atoms with Crippen molar-refractivity contribution < 1.29 is 23.8 Å². The van der Waals surface area contributed by atoms with E-state index in [2.05, 4.69) is 10.6 Å². The number of para-hydroxylation sites is 2. The van der Waals surface area contributed by atoms with E-state index >= 15 is 0 Å². The second-order valence-corrected chi connectivity index (χ2v) is 6.06. The summed E-state index contributed by atoms with van der Waals surface area (Å²) in [5, 5.41) is 16.2. The van der Waals surface area contributed by atoms with Crippen molar-refractivity contribution >= 4 is 28.9 Å². The normalized spacial score (nSPS) is 12.7. The Hall–Kier alpha value is -3.33. The SMILES string of the molecule is C[C@@H](C(=O)Nc1ccccc1[N+](=O)[O-])[NH+](C)CC(=O)Nc1ccc(F)cc1. The molecule has 1 unspecified atom stereocenters. The van der Waals surface area contributed by atoms with E-state index in [-0.39, 0.29) is 23.8 Å². The van der Waals surface area contributed by atoms with Crippen LogP contribution in [-0.4, -0.2) is 36.4 Å². The fraction of sp³-hybridized carbons (Fsp3) is 0.222.